The number of carbonyl (C=O) groups is 1. The van der Waals surface area contributed by atoms with Gasteiger partial charge in [-0.25, -0.2) is 0 Å². The fourth-order valence-corrected chi connectivity index (χ4v) is 2.26. The topological polar surface area (TPSA) is 75.1 Å². The highest BCUT2D eigenvalue weighted by atomic mass is 32.1. The number of amides is 1. The smallest absolute Gasteiger partial charge is 0.265 e. The van der Waals surface area contributed by atoms with Gasteiger partial charge in [0.15, 0.2) is 0 Å². The quantitative estimate of drug-likeness (QED) is 0.860. The van der Waals surface area contributed by atoms with Crippen molar-refractivity contribution in [2.45, 2.75) is 19.4 Å². The van der Waals surface area contributed by atoms with Crippen LogP contribution in [0.3, 0.4) is 0 Å². The number of rotatable bonds is 5. The summed E-state index contributed by atoms with van der Waals surface area (Å²) in [7, 11) is 0. The van der Waals surface area contributed by atoms with E-state index in [1.54, 1.807) is 6.92 Å². The number of aliphatic hydroxyl groups is 1. The molecule has 0 unspecified atom stereocenters. The minimum absolute atomic E-state index is 0.213. The van der Waals surface area contributed by atoms with Crippen LogP contribution in [0.1, 0.15) is 20.9 Å². The first-order valence-corrected chi connectivity index (χ1v) is 6.73. The lowest BCUT2D eigenvalue weighted by atomic mass is 10.1. The van der Waals surface area contributed by atoms with Crippen LogP contribution in [0.2, 0.25) is 0 Å². The van der Waals surface area contributed by atoms with Crippen LogP contribution >= 0.6 is 11.5 Å². The highest BCUT2D eigenvalue weighted by molar-refractivity contribution is 7.07. The molecule has 1 atom stereocenters. The van der Waals surface area contributed by atoms with Crippen LogP contribution in [-0.4, -0.2) is 33.2 Å². The molecule has 0 aliphatic rings. The van der Waals surface area contributed by atoms with E-state index in [-0.39, 0.29) is 12.5 Å². The Bertz CT molecular complexity index is 542. The third kappa shape index (κ3) is 3.84. The number of aryl methyl sites for hydroxylation is 1. The standard InChI is InChI=1S/C13H15N3O2S/c1-9-12(19-16-15-9)13(18)14-8-11(17)7-10-5-3-2-4-6-10/h2-6,11,17H,7-8H2,1H3,(H,14,18)/t11-/m0/s1. The van der Waals surface area contributed by atoms with Crippen molar-refractivity contribution in [3.63, 3.8) is 0 Å². The summed E-state index contributed by atoms with van der Waals surface area (Å²) in [5.41, 5.74) is 1.65. The molecule has 5 nitrogen and oxygen atoms in total. The van der Waals surface area contributed by atoms with Crippen LogP contribution in [-0.2, 0) is 6.42 Å². The maximum atomic E-state index is 11.8. The Morgan fingerprint density at radius 3 is 2.79 bits per heavy atom. The second kappa shape index (κ2) is 6.40. The first-order chi connectivity index (χ1) is 9.16. The molecule has 0 radical (unpaired) electrons. The minimum atomic E-state index is -0.604. The minimum Gasteiger partial charge on any atom is -0.391 e. The fourth-order valence-electron chi connectivity index (χ4n) is 1.69. The molecule has 19 heavy (non-hydrogen) atoms. The monoisotopic (exact) mass is 277 g/mol. The molecule has 0 saturated heterocycles. The van der Waals surface area contributed by atoms with Gasteiger partial charge in [-0.15, -0.1) is 5.10 Å². The summed E-state index contributed by atoms with van der Waals surface area (Å²) in [5.74, 6) is -0.236. The summed E-state index contributed by atoms with van der Waals surface area (Å²) < 4.78 is 3.71. The second-order valence-corrected chi connectivity index (χ2v) is 5.00. The summed E-state index contributed by atoms with van der Waals surface area (Å²) in [6.45, 7) is 1.95. The van der Waals surface area contributed by atoms with Gasteiger partial charge in [0.1, 0.15) is 4.88 Å². The van der Waals surface area contributed by atoms with Gasteiger partial charge >= 0.3 is 0 Å². The van der Waals surface area contributed by atoms with Crippen molar-refractivity contribution >= 4 is 17.4 Å². The highest BCUT2D eigenvalue weighted by Gasteiger charge is 2.14. The van der Waals surface area contributed by atoms with E-state index < -0.39 is 6.10 Å². The molecule has 2 aromatic rings. The molecule has 1 aromatic carbocycles. The van der Waals surface area contributed by atoms with Crippen LogP contribution in [0.25, 0.3) is 0 Å². The molecule has 0 aliphatic carbocycles. The van der Waals surface area contributed by atoms with E-state index in [9.17, 15) is 9.90 Å². The number of aliphatic hydroxyl groups excluding tert-OH is 1. The third-order valence-corrected chi connectivity index (χ3v) is 3.50. The molecule has 0 spiro atoms. The van der Waals surface area contributed by atoms with Crippen LogP contribution < -0.4 is 5.32 Å². The molecule has 0 aliphatic heterocycles. The molecular weight excluding hydrogens is 262 g/mol. The largest absolute Gasteiger partial charge is 0.391 e. The van der Waals surface area contributed by atoms with E-state index in [4.69, 9.17) is 0 Å². The highest BCUT2D eigenvalue weighted by Crippen LogP contribution is 2.08. The molecule has 0 bridgehead atoms. The Balaban J connectivity index is 1.82. The Morgan fingerprint density at radius 1 is 1.42 bits per heavy atom. The van der Waals surface area contributed by atoms with Crippen LogP contribution in [0, 0.1) is 6.92 Å². The zero-order valence-corrected chi connectivity index (χ0v) is 11.4. The van der Waals surface area contributed by atoms with E-state index in [1.165, 1.54) is 0 Å². The molecule has 0 saturated carbocycles. The lowest BCUT2D eigenvalue weighted by Crippen LogP contribution is -2.33. The molecule has 2 rings (SSSR count). The van der Waals surface area contributed by atoms with Gasteiger partial charge in [-0.2, -0.15) is 0 Å². The summed E-state index contributed by atoms with van der Waals surface area (Å²) in [4.78, 5) is 12.3. The summed E-state index contributed by atoms with van der Waals surface area (Å²) in [6, 6.07) is 9.67. The van der Waals surface area contributed by atoms with Crippen molar-refractivity contribution in [1.82, 2.24) is 14.9 Å². The number of benzene rings is 1. The fraction of sp³-hybridized carbons (Fsp3) is 0.308. The third-order valence-electron chi connectivity index (χ3n) is 2.67. The maximum absolute atomic E-state index is 11.8. The number of hydrogen-bond acceptors (Lipinski definition) is 5. The van der Waals surface area contributed by atoms with E-state index >= 15 is 0 Å². The molecule has 6 heteroatoms. The average Bonchev–Trinajstić information content (AvgIpc) is 2.83. The van der Waals surface area contributed by atoms with E-state index in [0.717, 1.165) is 17.1 Å². The van der Waals surface area contributed by atoms with Gasteiger partial charge in [-0.1, -0.05) is 34.8 Å². The predicted molar refractivity (Wildman–Crippen MR) is 73.1 cm³/mol. The Morgan fingerprint density at radius 2 is 2.16 bits per heavy atom. The Kier molecular flexibility index (Phi) is 4.59. The number of carbonyl (C=O) groups excluding carboxylic acids is 1. The normalized spacial score (nSPS) is 12.1. The van der Waals surface area contributed by atoms with Gasteiger partial charge in [-0.3, -0.25) is 4.79 Å². The SMILES string of the molecule is Cc1nnsc1C(=O)NC[C@@H](O)Cc1ccccc1. The van der Waals surface area contributed by atoms with Crippen molar-refractivity contribution in [3.05, 3.63) is 46.5 Å². The molecule has 1 amide bonds. The van der Waals surface area contributed by atoms with Crippen molar-refractivity contribution < 1.29 is 9.90 Å². The number of aromatic nitrogens is 2. The molecule has 1 aromatic heterocycles. The average molecular weight is 277 g/mol. The Labute approximate surface area is 115 Å². The van der Waals surface area contributed by atoms with Crippen molar-refractivity contribution in [3.8, 4) is 0 Å². The van der Waals surface area contributed by atoms with Gasteiger partial charge in [0.25, 0.3) is 5.91 Å². The van der Waals surface area contributed by atoms with E-state index in [0.29, 0.717) is 17.0 Å². The van der Waals surface area contributed by atoms with Gasteiger partial charge in [0.2, 0.25) is 0 Å². The van der Waals surface area contributed by atoms with E-state index in [2.05, 4.69) is 14.9 Å². The molecule has 0 fully saturated rings. The van der Waals surface area contributed by atoms with Crippen LogP contribution in [0.5, 0.6) is 0 Å². The second-order valence-electron chi connectivity index (χ2n) is 4.24. The lowest BCUT2D eigenvalue weighted by molar-refractivity contribution is 0.0919. The van der Waals surface area contributed by atoms with E-state index in [1.807, 2.05) is 30.3 Å². The Hall–Kier alpha value is -1.79. The van der Waals surface area contributed by atoms with Crippen LogP contribution in [0.15, 0.2) is 30.3 Å². The van der Waals surface area contributed by atoms with Gasteiger partial charge in [-0.05, 0) is 24.0 Å². The summed E-state index contributed by atoms with van der Waals surface area (Å²) >= 11 is 1.06. The zero-order chi connectivity index (χ0) is 13.7. The molecule has 100 valence electrons. The first-order valence-electron chi connectivity index (χ1n) is 5.96. The predicted octanol–water partition coefficient (Wildman–Crippen LogP) is 1.18. The van der Waals surface area contributed by atoms with Crippen molar-refractivity contribution in [2.75, 3.05) is 6.54 Å². The summed E-state index contributed by atoms with van der Waals surface area (Å²) in [6.07, 6.45) is -0.0892. The van der Waals surface area contributed by atoms with Gasteiger partial charge < -0.3 is 10.4 Å². The number of nitrogens with one attached hydrogen (secondary N) is 1. The van der Waals surface area contributed by atoms with Crippen molar-refractivity contribution in [1.29, 1.82) is 0 Å². The number of nitrogens with zero attached hydrogens (tertiary/aromatic N) is 2. The first kappa shape index (κ1) is 13.6. The van der Waals surface area contributed by atoms with Crippen LogP contribution in [0.4, 0.5) is 0 Å². The molecule has 2 N–H and O–H groups in total. The van der Waals surface area contributed by atoms with Crippen molar-refractivity contribution in [2.24, 2.45) is 0 Å². The molecule has 1 heterocycles. The number of hydrogen-bond donors (Lipinski definition) is 2. The summed E-state index contributed by atoms with van der Waals surface area (Å²) in [5, 5.41) is 16.3. The molecular formula is C13H15N3O2S. The maximum Gasteiger partial charge on any atom is 0.265 e. The zero-order valence-electron chi connectivity index (χ0n) is 10.5. The van der Waals surface area contributed by atoms with Gasteiger partial charge in [0.05, 0.1) is 11.8 Å². The van der Waals surface area contributed by atoms with Gasteiger partial charge in [0, 0.05) is 13.0 Å². The lowest BCUT2D eigenvalue weighted by Gasteiger charge is -2.11.